The Morgan fingerprint density at radius 3 is 3.05 bits per heavy atom. The predicted octanol–water partition coefficient (Wildman–Crippen LogP) is 4.08. The maximum Gasteiger partial charge on any atom is 0.312 e. The highest BCUT2D eigenvalue weighted by atomic mass is 32.2. The van der Waals surface area contributed by atoms with Gasteiger partial charge in [0.25, 0.3) is 0 Å². The SMILES string of the molecule is O=C(O)C1CCCc2sc(CSc3ccccc3F)nc21. The van der Waals surface area contributed by atoms with Gasteiger partial charge in [0.05, 0.1) is 17.4 Å². The Balaban J connectivity index is 1.76. The summed E-state index contributed by atoms with van der Waals surface area (Å²) in [5.74, 6) is -0.927. The molecule has 1 aromatic carbocycles. The molecule has 0 saturated heterocycles. The molecule has 1 atom stereocenters. The van der Waals surface area contributed by atoms with Gasteiger partial charge < -0.3 is 5.11 Å². The molecule has 110 valence electrons. The van der Waals surface area contributed by atoms with Gasteiger partial charge in [-0.25, -0.2) is 9.37 Å². The van der Waals surface area contributed by atoms with E-state index in [4.69, 9.17) is 0 Å². The van der Waals surface area contributed by atoms with Crippen molar-refractivity contribution in [1.82, 2.24) is 4.98 Å². The molecule has 1 N–H and O–H groups in total. The topological polar surface area (TPSA) is 50.2 Å². The normalized spacial score (nSPS) is 17.5. The van der Waals surface area contributed by atoms with Gasteiger partial charge >= 0.3 is 5.97 Å². The van der Waals surface area contributed by atoms with Gasteiger partial charge in [-0.3, -0.25) is 4.79 Å². The number of nitrogens with zero attached hydrogens (tertiary/aromatic N) is 1. The number of hydrogen-bond acceptors (Lipinski definition) is 4. The number of aryl methyl sites for hydroxylation is 1. The molecule has 0 radical (unpaired) electrons. The number of aliphatic carboxylic acids is 1. The van der Waals surface area contributed by atoms with E-state index in [0.717, 1.165) is 28.4 Å². The highest BCUT2D eigenvalue weighted by molar-refractivity contribution is 7.98. The molecule has 1 aliphatic rings. The number of halogens is 1. The zero-order valence-corrected chi connectivity index (χ0v) is 12.8. The molecule has 1 aliphatic carbocycles. The third kappa shape index (κ3) is 3.11. The van der Waals surface area contributed by atoms with Gasteiger partial charge in [-0.2, -0.15) is 0 Å². The molecule has 0 saturated carbocycles. The molecule has 1 heterocycles. The second kappa shape index (κ2) is 6.15. The van der Waals surface area contributed by atoms with Crippen molar-refractivity contribution in [3.05, 3.63) is 45.7 Å². The summed E-state index contributed by atoms with van der Waals surface area (Å²) >= 11 is 2.96. The number of thioether (sulfide) groups is 1. The Kier molecular flexibility index (Phi) is 4.26. The van der Waals surface area contributed by atoms with Gasteiger partial charge in [0.2, 0.25) is 0 Å². The fourth-order valence-corrected chi connectivity index (χ4v) is 4.58. The third-order valence-corrected chi connectivity index (χ3v) is 5.86. The molecule has 0 fully saturated rings. The maximum absolute atomic E-state index is 13.6. The molecular weight excluding hydrogens is 309 g/mol. The van der Waals surface area contributed by atoms with E-state index >= 15 is 0 Å². The van der Waals surface area contributed by atoms with Gasteiger partial charge in [0.15, 0.2) is 0 Å². The minimum atomic E-state index is -0.797. The van der Waals surface area contributed by atoms with E-state index in [0.29, 0.717) is 17.1 Å². The van der Waals surface area contributed by atoms with Crippen molar-refractivity contribution in [3.8, 4) is 0 Å². The fraction of sp³-hybridized carbons (Fsp3) is 0.333. The van der Waals surface area contributed by atoms with Crippen LogP contribution >= 0.6 is 23.1 Å². The van der Waals surface area contributed by atoms with Crippen LogP contribution < -0.4 is 0 Å². The van der Waals surface area contributed by atoms with Crippen molar-refractivity contribution in [2.24, 2.45) is 0 Å². The van der Waals surface area contributed by atoms with Gasteiger partial charge in [-0.05, 0) is 31.4 Å². The average molecular weight is 323 g/mol. The monoisotopic (exact) mass is 323 g/mol. The molecule has 0 spiro atoms. The molecule has 1 unspecified atom stereocenters. The van der Waals surface area contributed by atoms with Crippen LogP contribution in [-0.4, -0.2) is 16.1 Å². The molecule has 21 heavy (non-hydrogen) atoms. The Morgan fingerprint density at radius 1 is 1.48 bits per heavy atom. The van der Waals surface area contributed by atoms with Crippen molar-refractivity contribution in [2.75, 3.05) is 0 Å². The number of carboxylic acid groups (broad SMARTS) is 1. The van der Waals surface area contributed by atoms with Crippen molar-refractivity contribution in [2.45, 2.75) is 35.8 Å². The van der Waals surface area contributed by atoms with Gasteiger partial charge in [0, 0.05) is 9.77 Å². The van der Waals surface area contributed by atoms with E-state index in [2.05, 4.69) is 4.98 Å². The van der Waals surface area contributed by atoms with Crippen LogP contribution in [0.5, 0.6) is 0 Å². The standard InChI is InChI=1S/C15H14FNO2S2/c16-10-5-1-2-6-11(10)20-8-13-17-14-9(15(18)19)4-3-7-12(14)21-13/h1-2,5-6,9H,3-4,7-8H2,(H,18,19). The van der Waals surface area contributed by atoms with Crippen LogP contribution in [0.1, 0.15) is 34.3 Å². The molecule has 0 aliphatic heterocycles. The highest BCUT2D eigenvalue weighted by Crippen LogP contribution is 2.36. The lowest BCUT2D eigenvalue weighted by molar-refractivity contribution is -0.139. The second-order valence-corrected chi connectivity index (χ2v) is 7.10. The average Bonchev–Trinajstić information content (AvgIpc) is 2.88. The lowest BCUT2D eigenvalue weighted by atomic mass is 9.91. The lowest BCUT2D eigenvalue weighted by Crippen LogP contribution is -2.17. The lowest BCUT2D eigenvalue weighted by Gasteiger charge is -2.16. The van der Waals surface area contributed by atoms with E-state index in [1.54, 1.807) is 29.5 Å². The predicted molar refractivity (Wildman–Crippen MR) is 81.4 cm³/mol. The van der Waals surface area contributed by atoms with E-state index in [9.17, 15) is 14.3 Å². The Morgan fingerprint density at radius 2 is 2.29 bits per heavy atom. The summed E-state index contributed by atoms with van der Waals surface area (Å²) in [7, 11) is 0. The van der Waals surface area contributed by atoms with Crippen molar-refractivity contribution < 1.29 is 14.3 Å². The Bertz CT molecular complexity index is 671. The van der Waals surface area contributed by atoms with Crippen LogP contribution in [-0.2, 0) is 17.0 Å². The van der Waals surface area contributed by atoms with Crippen LogP contribution in [0.2, 0.25) is 0 Å². The van der Waals surface area contributed by atoms with Crippen molar-refractivity contribution in [3.63, 3.8) is 0 Å². The zero-order valence-electron chi connectivity index (χ0n) is 11.2. The fourth-order valence-electron chi connectivity index (χ4n) is 2.47. The highest BCUT2D eigenvalue weighted by Gasteiger charge is 2.29. The number of rotatable bonds is 4. The van der Waals surface area contributed by atoms with Crippen molar-refractivity contribution >= 4 is 29.1 Å². The quantitative estimate of drug-likeness (QED) is 0.861. The van der Waals surface area contributed by atoms with Crippen LogP contribution in [0.4, 0.5) is 4.39 Å². The first kappa shape index (κ1) is 14.5. The first-order valence-corrected chi connectivity index (χ1v) is 8.54. The van der Waals surface area contributed by atoms with Crippen LogP contribution in [0, 0.1) is 5.82 Å². The molecular formula is C15H14FNO2S2. The summed E-state index contributed by atoms with van der Waals surface area (Å²) in [6.07, 6.45) is 2.46. The molecule has 0 amide bonds. The molecule has 1 aromatic heterocycles. The molecule has 2 aromatic rings. The number of aromatic nitrogens is 1. The van der Waals surface area contributed by atoms with E-state index in [1.165, 1.54) is 17.8 Å². The van der Waals surface area contributed by atoms with Crippen LogP contribution in [0.3, 0.4) is 0 Å². The van der Waals surface area contributed by atoms with Crippen LogP contribution in [0.15, 0.2) is 29.2 Å². The smallest absolute Gasteiger partial charge is 0.312 e. The number of carbonyl (C=O) groups is 1. The Hall–Kier alpha value is -1.40. The number of thiazole rings is 1. The van der Waals surface area contributed by atoms with Gasteiger partial charge in [-0.15, -0.1) is 23.1 Å². The summed E-state index contributed by atoms with van der Waals surface area (Å²) < 4.78 is 13.6. The third-order valence-electron chi connectivity index (χ3n) is 3.48. The number of carboxylic acids is 1. The van der Waals surface area contributed by atoms with Gasteiger partial charge in [0.1, 0.15) is 10.8 Å². The van der Waals surface area contributed by atoms with E-state index < -0.39 is 11.9 Å². The molecule has 3 rings (SSSR count). The summed E-state index contributed by atoms with van der Waals surface area (Å²) in [4.78, 5) is 17.4. The van der Waals surface area contributed by atoms with Crippen LogP contribution in [0.25, 0.3) is 0 Å². The Labute approximate surface area is 130 Å². The second-order valence-electron chi connectivity index (χ2n) is 4.92. The number of benzene rings is 1. The molecule has 3 nitrogen and oxygen atoms in total. The van der Waals surface area contributed by atoms with Gasteiger partial charge in [-0.1, -0.05) is 12.1 Å². The minimum absolute atomic E-state index is 0.229. The summed E-state index contributed by atoms with van der Waals surface area (Å²) in [6.45, 7) is 0. The van der Waals surface area contributed by atoms with E-state index in [-0.39, 0.29) is 5.82 Å². The van der Waals surface area contributed by atoms with E-state index in [1.807, 2.05) is 0 Å². The van der Waals surface area contributed by atoms with Crippen molar-refractivity contribution in [1.29, 1.82) is 0 Å². The zero-order chi connectivity index (χ0) is 14.8. The molecule has 0 bridgehead atoms. The number of fused-ring (bicyclic) bond motifs is 1. The minimum Gasteiger partial charge on any atom is -0.481 e. The number of hydrogen-bond donors (Lipinski definition) is 1. The first-order chi connectivity index (χ1) is 10.1. The summed E-state index contributed by atoms with van der Waals surface area (Å²) in [5.41, 5.74) is 0.725. The first-order valence-electron chi connectivity index (χ1n) is 6.74. The largest absolute Gasteiger partial charge is 0.481 e. The summed E-state index contributed by atoms with van der Waals surface area (Å²) in [5, 5.41) is 10.1. The summed E-state index contributed by atoms with van der Waals surface area (Å²) in [6, 6.07) is 6.65. The molecule has 6 heteroatoms. The maximum atomic E-state index is 13.6.